The quantitative estimate of drug-likeness (QED) is 0.537. The fourth-order valence-corrected chi connectivity index (χ4v) is 0.303. The lowest BCUT2D eigenvalue weighted by Gasteiger charge is -1.93. The molecule has 0 radical (unpaired) electrons. The van der Waals surface area contributed by atoms with Gasteiger partial charge < -0.3 is 9.84 Å². The molecule has 0 aromatic carbocycles. The third-order valence-electron chi connectivity index (χ3n) is 1.04. The molecule has 2 nitrogen and oxygen atoms in total. The maximum Gasteiger partial charge on any atom is 0.111 e. The monoisotopic (exact) mass is 184 g/mol. The number of ether oxygens (including phenoxy) is 1. The zero-order valence-electron chi connectivity index (χ0n) is 8.84. The fraction of sp³-hybridized carbons (Fsp3) is 0.455. The van der Waals surface area contributed by atoms with Crippen molar-refractivity contribution in [1.29, 1.82) is 0 Å². The number of hydrogen-bond donors (Lipinski definition) is 1. The Hall–Kier alpha value is -1.02. The Morgan fingerprint density at radius 2 is 1.85 bits per heavy atom. The molecule has 13 heavy (non-hydrogen) atoms. The van der Waals surface area contributed by atoms with Gasteiger partial charge in [0.2, 0.25) is 0 Å². The predicted molar refractivity (Wildman–Crippen MR) is 57.5 cm³/mol. The predicted octanol–water partition coefficient (Wildman–Crippen LogP) is 2.67. The molecule has 0 aliphatic carbocycles. The first-order valence-electron chi connectivity index (χ1n) is 4.25. The fourth-order valence-electron chi connectivity index (χ4n) is 0.303. The Balaban J connectivity index is 0. The second kappa shape index (κ2) is 11.0. The van der Waals surface area contributed by atoms with Gasteiger partial charge in [-0.05, 0) is 19.4 Å². The van der Waals surface area contributed by atoms with E-state index in [2.05, 4.69) is 13.2 Å². The number of methoxy groups -OCH3 is 1. The first-order chi connectivity index (χ1) is 6.08. The van der Waals surface area contributed by atoms with Crippen molar-refractivity contribution < 1.29 is 9.84 Å². The van der Waals surface area contributed by atoms with Crippen molar-refractivity contribution in [2.75, 3.05) is 13.7 Å². The molecule has 0 atom stereocenters. The highest BCUT2D eigenvalue weighted by molar-refractivity contribution is 5.18. The SMILES string of the molecule is C=C(C)/C=C\C(=C)OC.CCCO. The molecule has 1 N–H and O–H groups in total. The van der Waals surface area contributed by atoms with Crippen molar-refractivity contribution in [2.45, 2.75) is 20.3 Å². The maximum absolute atomic E-state index is 7.88. The number of rotatable bonds is 4. The summed E-state index contributed by atoms with van der Waals surface area (Å²) in [5, 5.41) is 7.88. The summed E-state index contributed by atoms with van der Waals surface area (Å²) in [7, 11) is 1.59. The average Bonchev–Trinajstić information content (AvgIpc) is 2.14. The van der Waals surface area contributed by atoms with Crippen molar-refractivity contribution in [2.24, 2.45) is 0 Å². The molecule has 0 amide bonds. The van der Waals surface area contributed by atoms with Crippen molar-refractivity contribution >= 4 is 0 Å². The molecule has 0 spiro atoms. The zero-order chi connectivity index (χ0) is 10.7. The summed E-state index contributed by atoms with van der Waals surface area (Å²) in [6.45, 7) is 11.4. The summed E-state index contributed by atoms with van der Waals surface area (Å²) in [5.41, 5.74) is 0.994. The molecule has 0 aliphatic rings. The molecule has 0 bridgehead atoms. The minimum Gasteiger partial charge on any atom is -0.497 e. The molecule has 0 saturated carbocycles. The van der Waals surface area contributed by atoms with Crippen molar-refractivity contribution in [3.63, 3.8) is 0 Å². The smallest absolute Gasteiger partial charge is 0.111 e. The van der Waals surface area contributed by atoms with E-state index in [9.17, 15) is 0 Å². The van der Waals surface area contributed by atoms with Crippen LogP contribution < -0.4 is 0 Å². The van der Waals surface area contributed by atoms with Gasteiger partial charge in [-0.15, -0.1) is 0 Å². The van der Waals surface area contributed by atoms with Gasteiger partial charge in [-0.25, -0.2) is 0 Å². The number of allylic oxidation sites excluding steroid dienone is 3. The third kappa shape index (κ3) is 18.2. The molecule has 0 unspecified atom stereocenters. The summed E-state index contributed by atoms with van der Waals surface area (Å²) in [5.74, 6) is 0.651. The molecule has 0 aromatic heterocycles. The van der Waals surface area contributed by atoms with E-state index >= 15 is 0 Å². The van der Waals surface area contributed by atoms with E-state index in [1.807, 2.05) is 19.9 Å². The summed E-state index contributed by atoms with van der Waals surface area (Å²) in [6.07, 6.45) is 4.51. The second-order valence-corrected chi connectivity index (χ2v) is 2.57. The summed E-state index contributed by atoms with van der Waals surface area (Å²) >= 11 is 0. The molecule has 0 saturated heterocycles. The van der Waals surface area contributed by atoms with E-state index in [-0.39, 0.29) is 0 Å². The van der Waals surface area contributed by atoms with Crippen LogP contribution in [0.3, 0.4) is 0 Å². The van der Waals surface area contributed by atoms with Crippen LogP contribution in [0, 0.1) is 0 Å². The van der Waals surface area contributed by atoms with Gasteiger partial charge in [0.25, 0.3) is 0 Å². The van der Waals surface area contributed by atoms with Crippen LogP contribution in [0.5, 0.6) is 0 Å². The summed E-state index contributed by atoms with van der Waals surface area (Å²) < 4.78 is 4.78. The minimum atomic E-state index is 0.319. The Labute approximate surface area is 81.2 Å². The lowest BCUT2D eigenvalue weighted by Crippen LogP contribution is -1.76. The molecule has 0 aromatic rings. The first-order valence-corrected chi connectivity index (χ1v) is 4.25. The molecule has 0 rings (SSSR count). The highest BCUT2D eigenvalue weighted by Crippen LogP contribution is 1.96. The molecule has 76 valence electrons. The van der Waals surface area contributed by atoms with E-state index in [1.165, 1.54) is 0 Å². The number of aliphatic hydroxyl groups excluding tert-OH is 1. The van der Waals surface area contributed by atoms with Crippen LogP contribution in [0.4, 0.5) is 0 Å². The zero-order valence-corrected chi connectivity index (χ0v) is 8.84. The molecule has 0 fully saturated rings. The Bertz CT molecular complexity index is 167. The van der Waals surface area contributed by atoms with Crippen LogP contribution in [0.15, 0.2) is 36.6 Å². The van der Waals surface area contributed by atoms with Crippen LogP contribution in [0.1, 0.15) is 20.3 Å². The van der Waals surface area contributed by atoms with Crippen LogP contribution in [0.2, 0.25) is 0 Å². The van der Waals surface area contributed by atoms with E-state index < -0.39 is 0 Å². The molecule has 0 heterocycles. The Morgan fingerprint density at radius 1 is 1.38 bits per heavy atom. The minimum absolute atomic E-state index is 0.319. The van der Waals surface area contributed by atoms with Gasteiger partial charge in [-0.3, -0.25) is 0 Å². The van der Waals surface area contributed by atoms with Gasteiger partial charge in [0.05, 0.1) is 7.11 Å². The largest absolute Gasteiger partial charge is 0.497 e. The van der Waals surface area contributed by atoms with Gasteiger partial charge in [0.1, 0.15) is 5.76 Å². The lowest BCUT2D eigenvalue weighted by molar-refractivity contribution is 0.295. The standard InChI is InChI=1S/C8H12O.C3H8O/c1-7(2)5-6-8(3)9-4;1-2-3-4/h5-6H,1,3H2,2,4H3;4H,2-3H2,1H3/b6-5-;. The van der Waals surface area contributed by atoms with Crippen molar-refractivity contribution in [3.05, 3.63) is 36.6 Å². The van der Waals surface area contributed by atoms with E-state index in [4.69, 9.17) is 9.84 Å². The van der Waals surface area contributed by atoms with Gasteiger partial charge >= 0.3 is 0 Å². The summed E-state index contributed by atoms with van der Waals surface area (Å²) in [4.78, 5) is 0. The highest BCUT2D eigenvalue weighted by atomic mass is 16.5. The van der Waals surface area contributed by atoms with Gasteiger partial charge in [-0.1, -0.05) is 31.7 Å². The Morgan fingerprint density at radius 3 is 2.08 bits per heavy atom. The van der Waals surface area contributed by atoms with Gasteiger partial charge in [-0.2, -0.15) is 0 Å². The summed E-state index contributed by atoms with van der Waals surface area (Å²) in [6, 6.07) is 0. The van der Waals surface area contributed by atoms with E-state index in [1.54, 1.807) is 13.2 Å². The molecule has 0 aliphatic heterocycles. The van der Waals surface area contributed by atoms with Crippen LogP contribution in [-0.2, 0) is 4.74 Å². The lowest BCUT2D eigenvalue weighted by atomic mass is 10.3. The normalized spacial score (nSPS) is 8.92. The first kappa shape index (κ1) is 14.5. The average molecular weight is 184 g/mol. The topological polar surface area (TPSA) is 29.5 Å². The Kier molecular flexibility index (Phi) is 12.2. The highest BCUT2D eigenvalue weighted by Gasteiger charge is 1.79. The van der Waals surface area contributed by atoms with Gasteiger partial charge in [0.15, 0.2) is 0 Å². The van der Waals surface area contributed by atoms with Crippen molar-refractivity contribution in [1.82, 2.24) is 0 Å². The van der Waals surface area contributed by atoms with Crippen molar-refractivity contribution in [3.8, 4) is 0 Å². The van der Waals surface area contributed by atoms with E-state index in [0.717, 1.165) is 12.0 Å². The molecular weight excluding hydrogens is 164 g/mol. The molecular formula is C11H20O2. The number of hydrogen-bond acceptors (Lipinski definition) is 2. The maximum atomic E-state index is 7.88. The van der Waals surface area contributed by atoms with Crippen LogP contribution in [-0.4, -0.2) is 18.8 Å². The number of aliphatic hydroxyl groups is 1. The second-order valence-electron chi connectivity index (χ2n) is 2.57. The van der Waals surface area contributed by atoms with Crippen LogP contribution in [0.25, 0.3) is 0 Å². The molecule has 2 heteroatoms. The van der Waals surface area contributed by atoms with Gasteiger partial charge in [0, 0.05) is 6.61 Å². The third-order valence-corrected chi connectivity index (χ3v) is 1.04. The van der Waals surface area contributed by atoms with E-state index in [0.29, 0.717) is 12.4 Å². The van der Waals surface area contributed by atoms with Crippen LogP contribution >= 0.6 is 0 Å².